The Morgan fingerprint density at radius 2 is 2.07 bits per heavy atom. The number of methoxy groups -OCH3 is 1. The normalized spacial score (nSPS) is 10.3. The first-order valence-electron chi connectivity index (χ1n) is 4.52. The Morgan fingerprint density at radius 3 is 2.73 bits per heavy atom. The average Bonchev–Trinajstić information content (AvgIpc) is 2.27. The van der Waals surface area contributed by atoms with Crippen molar-refractivity contribution in [3.8, 4) is 5.75 Å². The van der Waals surface area contributed by atoms with Crippen LogP contribution in [-0.4, -0.2) is 29.3 Å². The zero-order chi connectivity index (χ0) is 10.8. The Morgan fingerprint density at radius 1 is 1.27 bits per heavy atom. The molecule has 15 heavy (non-hydrogen) atoms. The van der Waals surface area contributed by atoms with E-state index in [4.69, 9.17) is 4.74 Å². The van der Waals surface area contributed by atoms with E-state index in [0.717, 1.165) is 0 Å². The summed E-state index contributed by atoms with van der Waals surface area (Å²) in [5.74, 6) is 0.620. The lowest BCUT2D eigenvalue weighted by Gasteiger charge is -2.08. The number of aromatic nitrogens is 1. The first-order valence-corrected chi connectivity index (χ1v) is 4.52. The van der Waals surface area contributed by atoms with Crippen molar-refractivity contribution in [2.24, 2.45) is 0 Å². The minimum absolute atomic E-state index is 0.430. The molecule has 1 aromatic carbocycles. The second kappa shape index (κ2) is 3.88. The van der Waals surface area contributed by atoms with Gasteiger partial charge in [-0.05, 0) is 17.6 Å². The van der Waals surface area contributed by atoms with Crippen LogP contribution in [0.15, 0.2) is 30.5 Å². The fourth-order valence-corrected chi connectivity index (χ4v) is 1.56. The number of hydrogen-bond donors (Lipinski definition) is 2. The van der Waals surface area contributed by atoms with Crippen LogP contribution in [0, 0.1) is 0 Å². The van der Waals surface area contributed by atoms with E-state index in [1.165, 1.54) is 0 Å². The number of rotatable bonds is 2. The molecule has 1 heterocycles. The van der Waals surface area contributed by atoms with Crippen LogP contribution in [0.2, 0.25) is 0 Å². The quantitative estimate of drug-likeness (QED) is 0.670. The van der Waals surface area contributed by atoms with Crippen LogP contribution in [0.25, 0.3) is 10.9 Å². The highest BCUT2D eigenvalue weighted by molar-refractivity contribution is 6.62. The van der Waals surface area contributed by atoms with Crippen LogP contribution >= 0.6 is 0 Å². The molecule has 0 saturated carbocycles. The predicted molar refractivity (Wildman–Crippen MR) is 58.1 cm³/mol. The Bertz CT molecular complexity index is 487. The van der Waals surface area contributed by atoms with Gasteiger partial charge >= 0.3 is 7.12 Å². The maximum Gasteiger partial charge on any atom is 0.489 e. The lowest BCUT2D eigenvalue weighted by Crippen LogP contribution is -2.30. The molecule has 5 heteroatoms. The van der Waals surface area contributed by atoms with Gasteiger partial charge in [0.2, 0.25) is 0 Å². The molecule has 0 amide bonds. The highest BCUT2D eigenvalue weighted by Crippen LogP contribution is 2.21. The molecule has 0 aliphatic carbocycles. The molecule has 0 bridgehead atoms. The van der Waals surface area contributed by atoms with E-state index >= 15 is 0 Å². The Balaban J connectivity index is 2.77. The summed E-state index contributed by atoms with van der Waals surface area (Å²) >= 11 is 0. The van der Waals surface area contributed by atoms with Gasteiger partial charge in [-0.25, -0.2) is 0 Å². The summed E-state index contributed by atoms with van der Waals surface area (Å²) in [7, 11) is 0.0565. The number of fused-ring (bicyclic) bond motifs is 1. The molecule has 0 aliphatic rings. The van der Waals surface area contributed by atoms with Crippen molar-refractivity contribution in [3.63, 3.8) is 0 Å². The molecule has 2 aromatic rings. The molecule has 1 aromatic heterocycles. The highest BCUT2D eigenvalue weighted by atomic mass is 16.5. The largest absolute Gasteiger partial charge is 0.494 e. The van der Waals surface area contributed by atoms with Crippen molar-refractivity contribution < 1.29 is 14.8 Å². The number of benzene rings is 1. The van der Waals surface area contributed by atoms with Crippen molar-refractivity contribution in [3.05, 3.63) is 30.5 Å². The van der Waals surface area contributed by atoms with Gasteiger partial charge in [-0.1, -0.05) is 12.1 Å². The number of nitrogens with zero attached hydrogens (tertiary/aromatic N) is 1. The molecule has 0 spiro atoms. The van der Waals surface area contributed by atoms with Gasteiger partial charge in [0.25, 0.3) is 0 Å². The first-order chi connectivity index (χ1) is 7.24. The minimum atomic E-state index is -1.50. The first kappa shape index (κ1) is 9.95. The van der Waals surface area contributed by atoms with Crippen LogP contribution in [0.4, 0.5) is 0 Å². The molecule has 0 unspecified atom stereocenters. The van der Waals surface area contributed by atoms with Crippen LogP contribution in [0.5, 0.6) is 5.75 Å². The van der Waals surface area contributed by atoms with Crippen molar-refractivity contribution in [1.82, 2.24) is 4.98 Å². The molecule has 0 saturated heterocycles. The van der Waals surface area contributed by atoms with Gasteiger partial charge in [0.05, 0.1) is 7.11 Å². The summed E-state index contributed by atoms with van der Waals surface area (Å²) in [5.41, 5.74) is 1.06. The smallest absolute Gasteiger partial charge is 0.489 e. The fraction of sp³-hybridized carbons (Fsp3) is 0.100. The van der Waals surface area contributed by atoms with Crippen molar-refractivity contribution >= 4 is 23.5 Å². The van der Waals surface area contributed by atoms with Crippen LogP contribution in [0.3, 0.4) is 0 Å². The van der Waals surface area contributed by atoms with Gasteiger partial charge < -0.3 is 14.8 Å². The second-order valence-electron chi connectivity index (χ2n) is 3.13. The molecule has 0 radical (unpaired) electrons. The second-order valence-corrected chi connectivity index (χ2v) is 3.13. The van der Waals surface area contributed by atoms with Crippen LogP contribution in [-0.2, 0) is 0 Å². The summed E-state index contributed by atoms with van der Waals surface area (Å²) in [6, 6.07) is 6.81. The third-order valence-corrected chi connectivity index (χ3v) is 2.26. The van der Waals surface area contributed by atoms with E-state index in [1.807, 2.05) is 0 Å². The molecule has 0 atom stereocenters. The lowest BCUT2D eigenvalue weighted by atomic mass is 9.78. The Kier molecular flexibility index (Phi) is 2.57. The van der Waals surface area contributed by atoms with Gasteiger partial charge in [0.15, 0.2) is 0 Å². The number of pyridine rings is 1. The lowest BCUT2D eigenvalue weighted by molar-refractivity contribution is 0.418. The number of hydrogen-bond acceptors (Lipinski definition) is 4. The topological polar surface area (TPSA) is 62.6 Å². The standard InChI is InChI=1S/C10H10BNO3/c1-15-9-5-4-8(11(13)14)7-3-2-6-12-10(7)9/h2-6,13-14H,1H3. The monoisotopic (exact) mass is 203 g/mol. The maximum absolute atomic E-state index is 9.17. The van der Waals surface area contributed by atoms with E-state index in [9.17, 15) is 10.0 Å². The van der Waals surface area contributed by atoms with Crippen LogP contribution < -0.4 is 10.2 Å². The van der Waals surface area contributed by atoms with Gasteiger partial charge in [0.1, 0.15) is 11.3 Å². The average molecular weight is 203 g/mol. The van der Waals surface area contributed by atoms with E-state index < -0.39 is 7.12 Å². The zero-order valence-electron chi connectivity index (χ0n) is 8.21. The SMILES string of the molecule is COc1ccc(B(O)O)c2cccnc12. The molecule has 0 fully saturated rings. The summed E-state index contributed by atoms with van der Waals surface area (Å²) in [5, 5.41) is 19.0. The summed E-state index contributed by atoms with van der Waals surface area (Å²) in [4.78, 5) is 4.15. The molecule has 4 nitrogen and oxygen atoms in total. The molecule has 0 aliphatic heterocycles. The van der Waals surface area contributed by atoms with E-state index in [-0.39, 0.29) is 0 Å². The highest BCUT2D eigenvalue weighted by Gasteiger charge is 2.16. The molecule has 2 N–H and O–H groups in total. The van der Waals surface area contributed by atoms with Gasteiger partial charge in [0, 0.05) is 11.6 Å². The molecular weight excluding hydrogens is 193 g/mol. The fourth-order valence-electron chi connectivity index (χ4n) is 1.56. The van der Waals surface area contributed by atoms with Gasteiger partial charge in [-0.3, -0.25) is 4.98 Å². The molecule has 2 rings (SSSR count). The predicted octanol–water partition coefficient (Wildman–Crippen LogP) is -0.0768. The van der Waals surface area contributed by atoms with Gasteiger partial charge in [-0.15, -0.1) is 0 Å². The van der Waals surface area contributed by atoms with Crippen molar-refractivity contribution in [2.45, 2.75) is 0 Å². The number of ether oxygens (including phenoxy) is 1. The zero-order valence-corrected chi connectivity index (χ0v) is 8.21. The molecule has 76 valence electrons. The maximum atomic E-state index is 9.17. The Hall–Kier alpha value is -1.59. The minimum Gasteiger partial charge on any atom is -0.494 e. The summed E-state index contributed by atoms with van der Waals surface area (Å²) in [6.45, 7) is 0. The Labute approximate surface area is 87.3 Å². The summed E-state index contributed by atoms with van der Waals surface area (Å²) in [6.07, 6.45) is 1.64. The van der Waals surface area contributed by atoms with Gasteiger partial charge in [-0.2, -0.15) is 0 Å². The summed E-state index contributed by atoms with van der Waals surface area (Å²) < 4.78 is 5.14. The van der Waals surface area contributed by atoms with E-state index in [1.54, 1.807) is 37.6 Å². The van der Waals surface area contributed by atoms with Crippen molar-refractivity contribution in [2.75, 3.05) is 7.11 Å². The van der Waals surface area contributed by atoms with E-state index in [2.05, 4.69) is 4.98 Å². The molecular formula is C10H10BNO3. The third kappa shape index (κ3) is 1.67. The van der Waals surface area contributed by atoms with Crippen LogP contribution in [0.1, 0.15) is 0 Å². The van der Waals surface area contributed by atoms with E-state index in [0.29, 0.717) is 22.1 Å². The van der Waals surface area contributed by atoms with Crippen molar-refractivity contribution in [1.29, 1.82) is 0 Å². The third-order valence-electron chi connectivity index (χ3n) is 2.26.